The molecule has 0 atom stereocenters. The van der Waals surface area contributed by atoms with E-state index in [1.165, 1.54) is 0 Å². The summed E-state index contributed by atoms with van der Waals surface area (Å²) < 4.78 is 5.39. The van der Waals surface area contributed by atoms with Crippen molar-refractivity contribution in [2.24, 2.45) is 0 Å². The van der Waals surface area contributed by atoms with Crippen molar-refractivity contribution in [3.05, 3.63) is 28.8 Å². The van der Waals surface area contributed by atoms with Crippen LogP contribution in [0.15, 0.2) is 12.1 Å². The molecule has 0 aliphatic carbocycles. The number of hydrogen-bond donors (Lipinski definition) is 0. The summed E-state index contributed by atoms with van der Waals surface area (Å²) >= 11 is 0. The first kappa shape index (κ1) is 16.3. The van der Waals surface area contributed by atoms with Crippen LogP contribution in [0, 0.1) is 13.8 Å². The molecule has 2 rings (SSSR count). The lowest BCUT2D eigenvalue weighted by atomic mass is 10.0. The second-order valence-corrected chi connectivity index (χ2v) is 5.81. The van der Waals surface area contributed by atoms with Gasteiger partial charge >= 0.3 is 0 Å². The highest BCUT2D eigenvalue weighted by atomic mass is 16.5. The van der Waals surface area contributed by atoms with E-state index in [1.54, 1.807) is 18.9 Å². The lowest BCUT2D eigenvalue weighted by molar-refractivity contribution is -0.138. The monoisotopic (exact) mass is 304 g/mol. The minimum Gasteiger partial charge on any atom is -0.496 e. The summed E-state index contributed by atoms with van der Waals surface area (Å²) in [7, 11) is 1.63. The second-order valence-electron chi connectivity index (χ2n) is 5.81. The molecule has 0 aromatic heterocycles. The number of benzene rings is 1. The van der Waals surface area contributed by atoms with Gasteiger partial charge < -0.3 is 14.5 Å². The number of rotatable bonds is 3. The molecule has 0 spiro atoms. The Balaban J connectivity index is 2.04. The van der Waals surface area contributed by atoms with Crippen LogP contribution >= 0.6 is 0 Å². The zero-order chi connectivity index (χ0) is 16.3. The molecule has 1 aliphatic rings. The number of carbonyl (C=O) groups is 2. The quantitative estimate of drug-likeness (QED) is 0.851. The van der Waals surface area contributed by atoms with Crippen molar-refractivity contribution in [3.63, 3.8) is 0 Å². The average Bonchev–Trinajstić information content (AvgIpc) is 2.50. The first-order chi connectivity index (χ1) is 10.4. The Bertz CT molecular complexity index is 576. The minimum absolute atomic E-state index is 0.0722. The number of amides is 2. The fourth-order valence-electron chi connectivity index (χ4n) is 2.72. The summed E-state index contributed by atoms with van der Waals surface area (Å²) in [5, 5.41) is 0. The van der Waals surface area contributed by atoms with E-state index in [0.717, 1.165) is 22.4 Å². The lowest BCUT2D eigenvalue weighted by Crippen LogP contribution is -2.50. The fraction of sp³-hybridized carbons (Fsp3) is 0.529. The van der Waals surface area contributed by atoms with Crippen molar-refractivity contribution in [2.45, 2.75) is 27.2 Å². The van der Waals surface area contributed by atoms with E-state index < -0.39 is 0 Å². The van der Waals surface area contributed by atoms with E-state index in [0.29, 0.717) is 32.6 Å². The van der Waals surface area contributed by atoms with Gasteiger partial charge in [0.15, 0.2) is 0 Å². The standard InChI is InChI=1S/C17H24N2O3/c1-12-9-15(16(22-4)10-13(12)2)11-17(21)19-7-5-18(6-8-19)14(3)20/h9-10H,5-8,11H2,1-4H3. The Morgan fingerprint density at radius 1 is 1.05 bits per heavy atom. The summed E-state index contributed by atoms with van der Waals surface area (Å²) in [6, 6.07) is 4.00. The highest BCUT2D eigenvalue weighted by Gasteiger charge is 2.23. The number of ether oxygens (including phenoxy) is 1. The van der Waals surface area contributed by atoms with Crippen LogP contribution in [0.1, 0.15) is 23.6 Å². The fourth-order valence-corrected chi connectivity index (χ4v) is 2.72. The lowest BCUT2D eigenvalue weighted by Gasteiger charge is -2.34. The van der Waals surface area contributed by atoms with Gasteiger partial charge in [0.1, 0.15) is 5.75 Å². The molecule has 0 unspecified atom stereocenters. The molecular formula is C17H24N2O3. The average molecular weight is 304 g/mol. The zero-order valence-corrected chi connectivity index (χ0v) is 13.8. The largest absolute Gasteiger partial charge is 0.496 e. The first-order valence-corrected chi connectivity index (χ1v) is 7.59. The van der Waals surface area contributed by atoms with Crippen LogP contribution in [0.2, 0.25) is 0 Å². The van der Waals surface area contributed by atoms with Gasteiger partial charge in [-0.2, -0.15) is 0 Å². The maximum atomic E-state index is 12.5. The number of aryl methyl sites for hydroxylation is 2. The normalized spacial score (nSPS) is 14.9. The van der Waals surface area contributed by atoms with Crippen molar-refractivity contribution in [2.75, 3.05) is 33.3 Å². The van der Waals surface area contributed by atoms with Crippen LogP contribution in [0.3, 0.4) is 0 Å². The van der Waals surface area contributed by atoms with Gasteiger partial charge in [0.2, 0.25) is 11.8 Å². The molecule has 1 fully saturated rings. The Labute approximate surface area is 131 Å². The molecule has 1 heterocycles. The van der Waals surface area contributed by atoms with Gasteiger partial charge in [-0.05, 0) is 31.0 Å². The van der Waals surface area contributed by atoms with Gasteiger partial charge in [0.05, 0.1) is 13.5 Å². The third-order valence-corrected chi connectivity index (χ3v) is 4.32. The number of hydrogen-bond acceptors (Lipinski definition) is 3. The summed E-state index contributed by atoms with van der Waals surface area (Å²) in [5.41, 5.74) is 3.23. The summed E-state index contributed by atoms with van der Waals surface area (Å²) in [4.78, 5) is 27.4. The Morgan fingerprint density at radius 2 is 1.59 bits per heavy atom. The van der Waals surface area contributed by atoms with Crippen LogP contribution in [0.5, 0.6) is 5.75 Å². The van der Waals surface area contributed by atoms with Gasteiger partial charge in [-0.15, -0.1) is 0 Å². The van der Waals surface area contributed by atoms with E-state index >= 15 is 0 Å². The second kappa shape index (κ2) is 6.81. The molecule has 2 amide bonds. The molecule has 5 heteroatoms. The summed E-state index contributed by atoms with van der Waals surface area (Å²) in [6.45, 7) is 8.07. The van der Waals surface area contributed by atoms with Crippen LogP contribution in [0.25, 0.3) is 0 Å². The van der Waals surface area contributed by atoms with Gasteiger partial charge in [-0.3, -0.25) is 9.59 Å². The maximum Gasteiger partial charge on any atom is 0.227 e. The molecule has 0 N–H and O–H groups in total. The summed E-state index contributed by atoms with van der Waals surface area (Å²) in [5.74, 6) is 0.923. The van der Waals surface area contributed by atoms with Crippen LogP contribution in [-0.2, 0) is 16.0 Å². The number of methoxy groups -OCH3 is 1. The van der Waals surface area contributed by atoms with Crippen molar-refractivity contribution in [1.82, 2.24) is 9.80 Å². The van der Waals surface area contributed by atoms with E-state index in [1.807, 2.05) is 30.9 Å². The van der Waals surface area contributed by atoms with Gasteiger partial charge in [0.25, 0.3) is 0 Å². The highest BCUT2D eigenvalue weighted by Crippen LogP contribution is 2.24. The molecule has 22 heavy (non-hydrogen) atoms. The number of nitrogens with zero attached hydrogens (tertiary/aromatic N) is 2. The molecule has 120 valence electrons. The summed E-state index contributed by atoms with van der Waals surface area (Å²) in [6.07, 6.45) is 0.338. The van der Waals surface area contributed by atoms with Crippen molar-refractivity contribution in [3.8, 4) is 5.75 Å². The smallest absolute Gasteiger partial charge is 0.227 e. The van der Waals surface area contributed by atoms with Crippen LogP contribution in [-0.4, -0.2) is 54.9 Å². The van der Waals surface area contributed by atoms with Crippen molar-refractivity contribution >= 4 is 11.8 Å². The number of carbonyl (C=O) groups excluding carboxylic acids is 2. The molecule has 1 aliphatic heterocycles. The Hall–Kier alpha value is -2.04. The van der Waals surface area contributed by atoms with Crippen molar-refractivity contribution < 1.29 is 14.3 Å². The van der Waals surface area contributed by atoms with E-state index in [4.69, 9.17) is 4.74 Å². The molecule has 0 bridgehead atoms. The molecule has 0 radical (unpaired) electrons. The molecule has 5 nitrogen and oxygen atoms in total. The highest BCUT2D eigenvalue weighted by molar-refractivity contribution is 5.80. The molecule has 1 aromatic rings. The third-order valence-electron chi connectivity index (χ3n) is 4.32. The van der Waals surface area contributed by atoms with Crippen LogP contribution < -0.4 is 4.74 Å². The molecular weight excluding hydrogens is 280 g/mol. The predicted octanol–water partition coefficient (Wildman–Crippen LogP) is 1.55. The topological polar surface area (TPSA) is 49.9 Å². The Kier molecular flexibility index (Phi) is 5.06. The zero-order valence-electron chi connectivity index (χ0n) is 13.8. The van der Waals surface area contributed by atoms with Gasteiger partial charge in [0, 0.05) is 38.7 Å². The van der Waals surface area contributed by atoms with E-state index in [-0.39, 0.29) is 11.8 Å². The number of piperazine rings is 1. The Morgan fingerprint density at radius 3 is 2.14 bits per heavy atom. The molecule has 1 saturated heterocycles. The van der Waals surface area contributed by atoms with Gasteiger partial charge in [-0.1, -0.05) is 6.07 Å². The van der Waals surface area contributed by atoms with Crippen molar-refractivity contribution in [1.29, 1.82) is 0 Å². The van der Waals surface area contributed by atoms with E-state index in [9.17, 15) is 9.59 Å². The third kappa shape index (κ3) is 3.59. The first-order valence-electron chi connectivity index (χ1n) is 7.59. The van der Waals surface area contributed by atoms with Gasteiger partial charge in [-0.25, -0.2) is 0 Å². The predicted molar refractivity (Wildman–Crippen MR) is 85.0 cm³/mol. The molecule has 1 aromatic carbocycles. The SMILES string of the molecule is COc1cc(C)c(C)cc1CC(=O)N1CCN(C(C)=O)CC1. The minimum atomic E-state index is 0.0722. The molecule has 0 saturated carbocycles. The van der Waals surface area contributed by atoms with E-state index in [2.05, 4.69) is 0 Å². The maximum absolute atomic E-state index is 12.5. The van der Waals surface area contributed by atoms with Crippen LogP contribution in [0.4, 0.5) is 0 Å².